The van der Waals surface area contributed by atoms with Gasteiger partial charge in [-0.15, -0.1) is 0 Å². The first kappa shape index (κ1) is 19.3. The van der Waals surface area contributed by atoms with Crippen LogP contribution in [0, 0.1) is 0 Å². The number of sulfonamides is 1. The van der Waals surface area contributed by atoms with Crippen molar-refractivity contribution in [3.8, 4) is 5.69 Å². The Balaban J connectivity index is 1.49. The predicted octanol–water partition coefficient (Wildman–Crippen LogP) is 1.80. The monoisotopic (exact) mass is 411 g/mol. The Morgan fingerprint density at radius 2 is 1.62 bits per heavy atom. The van der Waals surface area contributed by atoms with Gasteiger partial charge >= 0.3 is 0 Å². The number of nitrogens with zero attached hydrogens (tertiary/aromatic N) is 5. The molecule has 1 aliphatic heterocycles. The molecule has 1 aromatic heterocycles. The van der Waals surface area contributed by atoms with Crippen LogP contribution < -0.4 is 0 Å². The van der Waals surface area contributed by atoms with Gasteiger partial charge in [0.15, 0.2) is 0 Å². The number of carbonyl (C=O) groups is 1. The zero-order valence-electron chi connectivity index (χ0n) is 15.9. The normalized spacial score (nSPS) is 18.0. The third kappa shape index (κ3) is 3.79. The van der Waals surface area contributed by atoms with Crippen molar-refractivity contribution < 1.29 is 13.2 Å². The summed E-state index contributed by atoms with van der Waals surface area (Å²) >= 11 is 0. The summed E-state index contributed by atoms with van der Waals surface area (Å²) in [6, 6.07) is 15.2. The molecule has 3 aromatic rings. The molecule has 0 radical (unpaired) electrons. The predicted molar refractivity (Wildman–Crippen MR) is 107 cm³/mol. The Morgan fingerprint density at radius 3 is 2.24 bits per heavy atom. The van der Waals surface area contributed by atoms with E-state index in [0.717, 1.165) is 0 Å². The summed E-state index contributed by atoms with van der Waals surface area (Å²) in [6.07, 6.45) is 3.12. The molecule has 0 N–H and O–H groups in total. The van der Waals surface area contributed by atoms with Gasteiger partial charge in [-0.1, -0.05) is 18.2 Å². The fourth-order valence-electron chi connectivity index (χ4n) is 3.48. The van der Waals surface area contributed by atoms with E-state index in [9.17, 15) is 13.2 Å². The highest BCUT2D eigenvalue weighted by molar-refractivity contribution is 7.89. The van der Waals surface area contributed by atoms with Crippen LogP contribution in [0.25, 0.3) is 5.69 Å². The lowest BCUT2D eigenvalue weighted by Gasteiger charge is -2.39. The summed E-state index contributed by atoms with van der Waals surface area (Å²) < 4.78 is 27.7. The maximum absolute atomic E-state index is 13.1. The van der Waals surface area contributed by atoms with Crippen LogP contribution in [0.2, 0.25) is 0 Å². The highest BCUT2D eigenvalue weighted by Crippen LogP contribution is 2.23. The van der Waals surface area contributed by atoms with Crippen LogP contribution in [0.4, 0.5) is 0 Å². The van der Waals surface area contributed by atoms with Crippen molar-refractivity contribution in [1.82, 2.24) is 24.2 Å². The van der Waals surface area contributed by atoms with Gasteiger partial charge in [0.2, 0.25) is 10.0 Å². The average molecular weight is 411 g/mol. The second kappa shape index (κ2) is 7.76. The largest absolute Gasteiger partial charge is 0.336 e. The highest BCUT2D eigenvalue weighted by atomic mass is 32.2. The van der Waals surface area contributed by atoms with Crippen LogP contribution in [0.1, 0.15) is 17.3 Å². The summed E-state index contributed by atoms with van der Waals surface area (Å²) in [5, 5.41) is 8.08. The van der Waals surface area contributed by atoms with Crippen LogP contribution in [0.5, 0.6) is 0 Å². The molecule has 4 rings (SSSR count). The second-order valence-corrected chi connectivity index (χ2v) is 8.78. The molecule has 2 aromatic carbocycles. The van der Waals surface area contributed by atoms with E-state index < -0.39 is 10.0 Å². The van der Waals surface area contributed by atoms with Crippen molar-refractivity contribution in [2.24, 2.45) is 0 Å². The minimum Gasteiger partial charge on any atom is -0.336 e. The highest BCUT2D eigenvalue weighted by Gasteiger charge is 2.35. The number of piperazine rings is 1. The summed E-state index contributed by atoms with van der Waals surface area (Å²) in [7, 11) is -3.67. The first-order chi connectivity index (χ1) is 14.0. The van der Waals surface area contributed by atoms with Gasteiger partial charge in [-0.3, -0.25) is 4.79 Å². The molecule has 0 saturated carbocycles. The fourth-order valence-corrected chi connectivity index (χ4v) is 5.09. The molecule has 29 heavy (non-hydrogen) atoms. The van der Waals surface area contributed by atoms with Crippen LogP contribution in [0.15, 0.2) is 71.9 Å². The molecule has 1 saturated heterocycles. The molecule has 0 bridgehead atoms. The van der Waals surface area contributed by atoms with Crippen molar-refractivity contribution in [2.45, 2.75) is 17.9 Å². The molecule has 0 aliphatic carbocycles. The van der Waals surface area contributed by atoms with Crippen LogP contribution in [-0.4, -0.2) is 64.2 Å². The van der Waals surface area contributed by atoms with Gasteiger partial charge in [-0.25, -0.2) is 8.42 Å². The minimum absolute atomic E-state index is 0.0782. The maximum Gasteiger partial charge on any atom is 0.253 e. The molecule has 9 heteroatoms. The zero-order chi connectivity index (χ0) is 20.4. The molecule has 150 valence electrons. The van der Waals surface area contributed by atoms with Gasteiger partial charge in [0.25, 0.3) is 5.91 Å². The molecule has 1 unspecified atom stereocenters. The molecule has 2 heterocycles. The topological polar surface area (TPSA) is 88.4 Å². The van der Waals surface area contributed by atoms with E-state index in [1.165, 1.54) is 9.10 Å². The van der Waals surface area contributed by atoms with E-state index in [2.05, 4.69) is 10.2 Å². The average Bonchev–Trinajstić information content (AvgIpc) is 3.28. The third-order valence-corrected chi connectivity index (χ3v) is 7.00. The van der Waals surface area contributed by atoms with E-state index in [-0.39, 0.29) is 23.4 Å². The Morgan fingerprint density at radius 1 is 0.966 bits per heavy atom. The van der Waals surface area contributed by atoms with Crippen molar-refractivity contribution in [3.05, 3.63) is 72.6 Å². The quantitative estimate of drug-likeness (QED) is 0.653. The van der Waals surface area contributed by atoms with Crippen LogP contribution in [-0.2, 0) is 10.0 Å². The molecular formula is C20H21N5O3S. The first-order valence-electron chi connectivity index (χ1n) is 9.30. The van der Waals surface area contributed by atoms with E-state index >= 15 is 0 Å². The molecule has 1 aliphatic rings. The van der Waals surface area contributed by atoms with E-state index in [0.29, 0.717) is 24.3 Å². The lowest BCUT2D eigenvalue weighted by Crippen LogP contribution is -2.55. The standard InChI is InChI=1S/C20H21N5O3S/c1-16-15-23(20(26)17-5-3-2-4-6-17)13-14-24(16)29(27,28)19-9-7-18(8-10-19)25-21-11-12-22-25/h2-12,16H,13-15H2,1H3. The number of aromatic nitrogens is 3. The van der Waals surface area contributed by atoms with Gasteiger partial charge in [0.1, 0.15) is 0 Å². The number of hydrogen-bond donors (Lipinski definition) is 0. The van der Waals surface area contributed by atoms with Gasteiger partial charge < -0.3 is 4.90 Å². The van der Waals surface area contributed by atoms with Crippen molar-refractivity contribution in [2.75, 3.05) is 19.6 Å². The van der Waals surface area contributed by atoms with Gasteiger partial charge in [-0.05, 0) is 43.3 Å². The molecule has 1 amide bonds. The zero-order valence-corrected chi connectivity index (χ0v) is 16.7. The van der Waals surface area contributed by atoms with E-state index in [1.807, 2.05) is 25.1 Å². The molecular weight excluding hydrogens is 390 g/mol. The number of rotatable bonds is 4. The summed E-state index contributed by atoms with van der Waals surface area (Å²) in [6.45, 7) is 2.78. The van der Waals surface area contributed by atoms with Gasteiger partial charge in [0.05, 0.1) is 23.0 Å². The van der Waals surface area contributed by atoms with Gasteiger partial charge in [0, 0.05) is 31.2 Å². The van der Waals surface area contributed by atoms with E-state index in [4.69, 9.17) is 0 Å². The van der Waals surface area contributed by atoms with Crippen molar-refractivity contribution >= 4 is 15.9 Å². The Hall–Kier alpha value is -3.04. The number of benzene rings is 2. The molecule has 0 spiro atoms. The lowest BCUT2D eigenvalue weighted by atomic mass is 10.1. The van der Waals surface area contributed by atoms with Crippen molar-refractivity contribution in [1.29, 1.82) is 0 Å². The summed E-state index contributed by atoms with van der Waals surface area (Å²) in [4.78, 5) is 16.0. The Kier molecular flexibility index (Phi) is 5.16. The Bertz CT molecular complexity index is 1080. The Labute approximate surface area is 169 Å². The molecule has 1 atom stereocenters. The summed E-state index contributed by atoms with van der Waals surface area (Å²) in [5.41, 5.74) is 1.29. The maximum atomic E-state index is 13.1. The minimum atomic E-state index is -3.67. The summed E-state index contributed by atoms with van der Waals surface area (Å²) in [5.74, 6) is -0.0782. The second-order valence-electron chi connectivity index (χ2n) is 6.89. The van der Waals surface area contributed by atoms with E-state index in [1.54, 1.807) is 53.7 Å². The fraction of sp³-hybridized carbons (Fsp3) is 0.250. The van der Waals surface area contributed by atoms with Crippen LogP contribution in [0.3, 0.4) is 0 Å². The first-order valence-corrected chi connectivity index (χ1v) is 10.7. The molecule has 1 fully saturated rings. The van der Waals surface area contributed by atoms with Gasteiger partial charge in [-0.2, -0.15) is 19.3 Å². The smallest absolute Gasteiger partial charge is 0.253 e. The number of amides is 1. The van der Waals surface area contributed by atoms with Crippen molar-refractivity contribution in [3.63, 3.8) is 0 Å². The number of carbonyl (C=O) groups excluding carboxylic acids is 1. The SMILES string of the molecule is CC1CN(C(=O)c2ccccc2)CCN1S(=O)(=O)c1ccc(-n2nccn2)cc1. The molecule has 8 nitrogen and oxygen atoms in total. The third-order valence-electron chi connectivity index (χ3n) is 4.97. The number of hydrogen-bond acceptors (Lipinski definition) is 5. The van der Waals surface area contributed by atoms with Crippen LogP contribution >= 0.6 is 0 Å². The lowest BCUT2D eigenvalue weighted by molar-refractivity contribution is 0.0642.